The molecule has 1 saturated heterocycles. The Morgan fingerprint density at radius 1 is 0.875 bits per heavy atom. The van der Waals surface area contributed by atoms with Crippen LogP contribution in [0.5, 0.6) is 0 Å². The Labute approximate surface area is 232 Å². The highest BCUT2D eigenvalue weighted by Crippen LogP contribution is 2.34. The van der Waals surface area contributed by atoms with Crippen molar-refractivity contribution in [3.8, 4) is 0 Å². The van der Waals surface area contributed by atoms with Crippen molar-refractivity contribution in [2.75, 3.05) is 20.3 Å². The molecule has 2 aliphatic rings. The number of ether oxygens (including phenoxy) is 7. The van der Waals surface area contributed by atoms with Crippen LogP contribution in [0.3, 0.4) is 0 Å². The molecule has 0 bridgehead atoms. The smallest absolute Gasteiger partial charge is 0.305 e. The van der Waals surface area contributed by atoms with Gasteiger partial charge in [0.1, 0.15) is 18.5 Å². The number of carbonyl (C=O) groups is 6. The largest absolute Gasteiger partial charge is 0.469 e. The van der Waals surface area contributed by atoms with E-state index < -0.39 is 54.6 Å². The second-order valence-electron chi connectivity index (χ2n) is 9.59. The molecule has 13 heteroatoms. The number of hydrogen-bond acceptors (Lipinski definition) is 13. The molecule has 7 atom stereocenters. The number of methoxy groups -OCH3 is 1. The highest BCUT2D eigenvalue weighted by atomic mass is 16.7. The molecular weight excluding hydrogens is 532 g/mol. The fourth-order valence-corrected chi connectivity index (χ4v) is 4.78. The van der Waals surface area contributed by atoms with E-state index in [1.165, 1.54) is 14.0 Å². The van der Waals surface area contributed by atoms with Gasteiger partial charge in [-0.3, -0.25) is 28.8 Å². The summed E-state index contributed by atoms with van der Waals surface area (Å²) in [4.78, 5) is 70.9. The maximum atomic E-state index is 12.3. The highest BCUT2D eigenvalue weighted by molar-refractivity contribution is 5.84. The predicted molar refractivity (Wildman–Crippen MR) is 134 cm³/mol. The maximum absolute atomic E-state index is 12.3. The zero-order chi connectivity index (χ0) is 29.8. The fourth-order valence-electron chi connectivity index (χ4n) is 4.78. The van der Waals surface area contributed by atoms with Gasteiger partial charge >= 0.3 is 29.8 Å². The molecule has 1 aliphatic carbocycles. The third-order valence-electron chi connectivity index (χ3n) is 6.47. The zero-order valence-corrected chi connectivity index (χ0v) is 23.5. The number of Topliss-reactive ketones (excluding diaryl/α,β-unsaturated/α-hetero) is 1. The molecule has 40 heavy (non-hydrogen) atoms. The van der Waals surface area contributed by atoms with E-state index in [9.17, 15) is 28.8 Å². The average Bonchev–Trinajstić information content (AvgIpc) is 3.20. The Hall–Kier alpha value is -3.32. The number of allylic oxidation sites excluding steroid dienone is 1. The van der Waals surface area contributed by atoms with Crippen LogP contribution >= 0.6 is 0 Å². The normalized spacial score (nSPS) is 28.1. The van der Waals surface area contributed by atoms with Gasteiger partial charge in [-0.15, -0.1) is 0 Å². The predicted octanol–water partition coefficient (Wildman–Crippen LogP) is 1.58. The Kier molecular flexibility index (Phi) is 13.2. The van der Waals surface area contributed by atoms with Gasteiger partial charge in [0.05, 0.1) is 13.7 Å². The molecule has 1 heterocycles. The highest BCUT2D eigenvalue weighted by Gasteiger charge is 2.52. The van der Waals surface area contributed by atoms with Gasteiger partial charge in [0.2, 0.25) is 0 Å². The van der Waals surface area contributed by atoms with Crippen LogP contribution in [0.4, 0.5) is 0 Å². The van der Waals surface area contributed by atoms with Gasteiger partial charge < -0.3 is 33.2 Å². The molecule has 0 aromatic carbocycles. The third kappa shape index (κ3) is 10.3. The Morgan fingerprint density at radius 3 is 2.10 bits per heavy atom. The Bertz CT molecular complexity index is 958. The van der Waals surface area contributed by atoms with E-state index >= 15 is 0 Å². The number of esters is 5. The van der Waals surface area contributed by atoms with Crippen LogP contribution in [-0.4, -0.2) is 86.7 Å². The minimum absolute atomic E-state index is 0.0569. The molecule has 2 fully saturated rings. The van der Waals surface area contributed by atoms with Crippen LogP contribution in [0.15, 0.2) is 12.2 Å². The van der Waals surface area contributed by atoms with Gasteiger partial charge in [-0.05, 0) is 25.2 Å². The van der Waals surface area contributed by atoms with Crippen molar-refractivity contribution in [1.82, 2.24) is 0 Å². The molecule has 13 nitrogen and oxygen atoms in total. The molecule has 0 radical (unpaired) electrons. The van der Waals surface area contributed by atoms with E-state index in [1.54, 1.807) is 0 Å². The number of ketones is 1. The van der Waals surface area contributed by atoms with Crippen molar-refractivity contribution >= 4 is 35.6 Å². The van der Waals surface area contributed by atoms with Crippen LogP contribution in [0, 0.1) is 11.8 Å². The lowest BCUT2D eigenvalue weighted by Crippen LogP contribution is -2.63. The second-order valence-corrected chi connectivity index (χ2v) is 9.59. The van der Waals surface area contributed by atoms with Gasteiger partial charge in [0, 0.05) is 46.5 Å². The lowest BCUT2D eigenvalue weighted by Gasteiger charge is -2.44. The molecule has 224 valence electrons. The molecule has 0 N–H and O–H groups in total. The first kappa shape index (κ1) is 32.9. The average molecular weight is 571 g/mol. The minimum atomic E-state index is -1.31. The quantitative estimate of drug-likeness (QED) is 0.136. The van der Waals surface area contributed by atoms with Crippen LogP contribution < -0.4 is 0 Å². The number of rotatable bonds is 13. The van der Waals surface area contributed by atoms with E-state index in [4.69, 9.17) is 33.2 Å². The first-order chi connectivity index (χ1) is 18.9. The van der Waals surface area contributed by atoms with E-state index in [-0.39, 0.29) is 43.2 Å². The summed E-state index contributed by atoms with van der Waals surface area (Å²) in [5, 5.41) is 0. The molecule has 0 aromatic heterocycles. The van der Waals surface area contributed by atoms with Gasteiger partial charge in [-0.25, -0.2) is 0 Å². The maximum Gasteiger partial charge on any atom is 0.305 e. The molecule has 0 spiro atoms. The topological polar surface area (TPSA) is 167 Å². The van der Waals surface area contributed by atoms with Gasteiger partial charge in [-0.2, -0.15) is 0 Å². The summed E-state index contributed by atoms with van der Waals surface area (Å²) >= 11 is 0. The van der Waals surface area contributed by atoms with E-state index in [0.717, 1.165) is 20.8 Å². The van der Waals surface area contributed by atoms with Crippen molar-refractivity contribution in [2.24, 2.45) is 11.8 Å². The molecule has 0 aromatic rings. The van der Waals surface area contributed by atoms with Crippen LogP contribution in [0.25, 0.3) is 0 Å². The first-order valence-corrected chi connectivity index (χ1v) is 13.1. The summed E-state index contributed by atoms with van der Waals surface area (Å²) in [5.41, 5.74) is 0. The summed E-state index contributed by atoms with van der Waals surface area (Å²) in [6.07, 6.45) is -0.405. The lowest BCUT2D eigenvalue weighted by atomic mass is 9.89. The number of hydrogen-bond donors (Lipinski definition) is 0. The SMILES string of the molecule is COC(=O)C[C@H]1CCC(=O)[C@H]1C/C=C\CCO[C@@H]1O[C@H](COC(C)=O)[C@@H](OC(C)=O)[C@H](OC(C)=O)[C@H]1OC(C)=O. The Morgan fingerprint density at radius 2 is 1.50 bits per heavy atom. The van der Waals surface area contributed by atoms with Crippen molar-refractivity contribution in [2.45, 2.75) is 90.5 Å². The number of carbonyl (C=O) groups excluding carboxylic acids is 6. The molecule has 1 saturated carbocycles. The summed E-state index contributed by atoms with van der Waals surface area (Å²) in [7, 11) is 1.32. The monoisotopic (exact) mass is 570 g/mol. The van der Waals surface area contributed by atoms with Gasteiger partial charge in [0.15, 0.2) is 24.6 Å². The summed E-state index contributed by atoms with van der Waals surface area (Å²) in [6, 6.07) is 0. The summed E-state index contributed by atoms with van der Waals surface area (Å²) in [6.45, 7) is 4.34. The minimum Gasteiger partial charge on any atom is -0.469 e. The van der Waals surface area contributed by atoms with E-state index in [1.807, 2.05) is 12.2 Å². The summed E-state index contributed by atoms with van der Waals surface area (Å²) < 4.78 is 37.5. The third-order valence-corrected chi connectivity index (χ3v) is 6.47. The van der Waals surface area contributed by atoms with Gasteiger partial charge in [-0.1, -0.05) is 12.2 Å². The van der Waals surface area contributed by atoms with E-state index in [2.05, 4.69) is 0 Å². The van der Waals surface area contributed by atoms with Crippen molar-refractivity contribution in [3.63, 3.8) is 0 Å². The molecule has 0 unspecified atom stereocenters. The second kappa shape index (κ2) is 16.1. The van der Waals surface area contributed by atoms with Crippen molar-refractivity contribution < 1.29 is 61.9 Å². The fraction of sp³-hybridized carbons (Fsp3) is 0.704. The molecule has 1 aliphatic heterocycles. The van der Waals surface area contributed by atoms with Crippen molar-refractivity contribution in [3.05, 3.63) is 12.2 Å². The lowest BCUT2D eigenvalue weighted by molar-refractivity contribution is -0.307. The van der Waals surface area contributed by atoms with Gasteiger partial charge in [0.25, 0.3) is 0 Å². The van der Waals surface area contributed by atoms with Crippen molar-refractivity contribution in [1.29, 1.82) is 0 Å². The summed E-state index contributed by atoms with van der Waals surface area (Å²) in [5.74, 6) is -3.33. The standard InChI is InChI=1S/C27H38O13/c1-15(28)36-14-22-24(37-16(2)29)25(38-17(3)30)26(39-18(4)31)27(40-22)35-12-8-6-7-9-20-19(10-11-21(20)32)13-23(33)34-5/h6-7,19-20,22,24-27H,8-14H2,1-5H3/b7-6-/t19-,20+,22-,24-,25+,26-,27-/m1/s1. The van der Waals surface area contributed by atoms with Crippen LogP contribution in [-0.2, 0) is 61.9 Å². The molecular formula is C27H38O13. The molecule has 0 amide bonds. The zero-order valence-electron chi connectivity index (χ0n) is 23.5. The molecule has 2 rings (SSSR count). The van der Waals surface area contributed by atoms with Crippen LogP contribution in [0.2, 0.25) is 0 Å². The van der Waals surface area contributed by atoms with Crippen LogP contribution in [0.1, 0.15) is 59.8 Å². The first-order valence-electron chi connectivity index (χ1n) is 13.1. The Balaban J connectivity index is 2.09. The van der Waals surface area contributed by atoms with E-state index in [0.29, 0.717) is 25.7 Å².